The molecule has 1 aliphatic rings. The minimum atomic E-state index is -2.74. The predicted molar refractivity (Wildman–Crippen MR) is 171 cm³/mol. The molecule has 1 aliphatic heterocycles. The number of hydrogen-bond acceptors (Lipinski definition) is 4. The molecular formula is C34H36BNO5P+. The summed E-state index contributed by atoms with van der Waals surface area (Å²) in [7, 11) is -3.39. The van der Waals surface area contributed by atoms with Crippen molar-refractivity contribution < 1.29 is 24.0 Å². The van der Waals surface area contributed by atoms with Gasteiger partial charge >= 0.3 is 13.1 Å². The van der Waals surface area contributed by atoms with Crippen molar-refractivity contribution >= 4 is 47.6 Å². The molecule has 214 valence electrons. The van der Waals surface area contributed by atoms with Crippen molar-refractivity contribution in [2.75, 3.05) is 6.16 Å². The molecule has 0 aliphatic carbocycles. The van der Waals surface area contributed by atoms with Crippen LogP contribution >= 0.6 is 7.26 Å². The van der Waals surface area contributed by atoms with Gasteiger partial charge in [-0.2, -0.15) is 0 Å². The van der Waals surface area contributed by atoms with Crippen molar-refractivity contribution in [2.24, 2.45) is 0 Å². The molecule has 0 saturated carbocycles. The van der Waals surface area contributed by atoms with Crippen LogP contribution in [0.2, 0.25) is 0 Å². The number of amides is 1. The van der Waals surface area contributed by atoms with Gasteiger partial charge in [0.25, 0.3) is 5.91 Å². The molecular weight excluding hydrogens is 544 g/mol. The molecule has 0 bridgehead atoms. The van der Waals surface area contributed by atoms with Crippen LogP contribution < -0.4 is 26.7 Å². The van der Waals surface area contributed by atoms with E-state index in [4.69, 9.17) is 9.31 Å². The van der Waals surface area contributed by atoms with Gasteiger partial charge in [-0.1, -0.05) is 72.8 Å². The molecule has 0 radical (unpaired) electrons. The van der Waals surface area contributed by atoms with Gasteiger partial charge in [0.1, 0.15) is 29.3 Å². The number of carboxylic acids is 1. The number of rotatable bonds is 9. The minimum absolute atomic E-state index is 0.158. The Kier molecular flexibility index (Phi) is 8.38. The first-order chi connectivity index (χ1) is 20.0. The fraction of sp³-hybridized carbons (Fsp3) is 0.235. The molecule has 0 aromatic heterocycles. The van der Waals surface area contributed by atoms with Crippen LogP contribution in [0.25, 0.3) is 0 Å². The second-order valence-corrected chi connectivity index (χ2v) is 15.0. The van der Waals surface area contributed by atoms with E-state index >= 15 is 0 Å². The number of nitrogens with one attached hydrogen (secondary N) is 1. The van der Waals surface area contributed by atoms with E-state index in [-0.39, 0.29) is 6.16 Å². The van der Waals surface area contributed by atoms with E-state index in [0.717, 1.165) is 21.4 Å². The Balaban J connectivity index is 1.72. The zero-order valence-corrected chi connectivity index (χ0v) is 25.3. The molecule has 1 unspecified atom stereocenters. The van der Waals surface area contributed by atoms with E-state index < -0.39 is 43.5 Å². The lowest BCUT2D eigenvalue weighted by atomic mass is 9.79. The van der Waals surface area contributed by atoms with Crippen molar-refractivity contribution in [3.05, 3.63) is 121 Å². The summed E-state index contributed by atoms with van der Waals surface area (Å²) in [6, 6.07) is 35.6. The average molecular weight is 580 g/mol. The normalized spacial score (nSPS) is 16.5. The molecule has 5 rings (SSSR count). The average Bonchev–Trinajstić information content (AvgIpc) is 3.22. The molecule has 42 heavy (non-hydrogen) atoms. The van der Waals surface area contributed by atoms with E-state index in [1.165, 1.54) is 0 Å². The van der Waals surface area contributed by atoms with Crippen molar-refractivity contribution in [3.8, 4) is 0 Å². The van der Waals surface area contributed by atoms with Gasteiger partial charge in [0, 0.05) is 11.0 Å². The SMILES string of the molecule is CC1(C)OB(c2ccccc2[P+](CC(NC(=O)c2ccccc2)C(=O)O)(c2ccccc2)c2ccccc2)OC1(C)C. The third kappa shape index (κ3) is 5.65. The third-order valence-electron chi connectivity index (χ3n) is 8.34. The smallest absolute Gasteiger partial charge is 0.480 e. The second-order valence-electron chi connectivity index (χ2n) is 11.5. The molecule has 4 aromatic carbocycles. The maximum atomic E-state index is 13.3. The fourth-order valence-corrected chi connectivity index (χ4v) is 9.99. The number of aliphatic carboxylic acids is 1. The highest BCUT2D eigenvalue weighted by Gasteiger charge is 2.56. The van der Waals surface area contributed by atoms with Crippen LogP contribution in [0.3, 0.4) is 0 Å². The standard InChI is InChI=1S/C34H35BNO5P/c1-33(2)34(3,4)41-35(40-33)28-22-14-15-23-30(28)42(26-18-10-6-11-19-26,27-20-12-7-13-21-27)24-29(32(38)39)36-31(37)25-16-8-5-9-17-25/h5-23,29H,24H2,1-4H3,(H-,36,37,38,39)/p+1. The molecule has 4 aromatic rings. The maximum absolute atomic E-state index is 13.3. The predicted octanol–water partition coefficient (Wildman–Crippen LogP) is 4.16. The zero-order chi connectivity index (χ0) is 30.0. The number of carbonyl (C=O) groups excluding carboxylic acids is 1. The monoisotopic (exact) mass is 580 g/mol. The number of benzene rings is 4. The van der Waals surface area contributed by atoms with Gasteiger partial charge in [-0.25, -0.2) is 4.79 Å². The third-order valence-corrected chi connectivity index (χ3v) is 12.8. The van der Waals surface area contributed by atoms with Gasteiger partial charge in [-0.05, 0) is 70.2 Å². The molecule has 1 amide bonds. The minimum Gasteiger partial charge on any atom is -0.480 e. The van der Waals surface area contributed by atoms with Gasteiger partial charge < -0.3 is 19.7 Å². The topological polar surface area (TPSA) is 84.9 Å². The largest absolute Gasteiger partial charge is 0.498 e. The Labute approximate surface area is 248 Å². The van der Waals surface area contributed by atoms with E-state index in [0.29, 0.717) is 5.56 Å². The highest BCUT2D eigenvalue weighted by molar-refractivity contribution is 7.96. The molecule has 1 saturated heterocycles. The summed E-state index contributed by atoms with van der Waals surface area (Å²) in [6.07, 6.45) is 0.158. The number of hydrogen-bond donors (Lipinski definition) is 2. The lowest BCUT2D eigenvalue weighted by molar-refractivity contribution is -0.138. The lowest BCUT2D eigenvalue weighted by Crippen LogP contribution is -2.52. The Bertz CT molecular complexity index is 1490. The molecule has 1 fully saturated rings. The van der Waals surface area contributed by atoms with Gasteiger partial charge in [0.2, 0.25) is 0 Å². The summed E-state index contributed by atoms with van der Waals surface area (Å²) in [5, 5.41) is 16.3. The van der Waals surface area contributed by atoms with Crippen molar-refractivity contribution in [1.82, 2.24) is 5.32 Å². The Morgan fingerprint density at radius 1 is 0.738 bits per heavy atom. The van der Waals surface area contributed by atoms with Crippen LogP contribution in [0.4, 0.5) is 0 Å². The van der Waals surface area contributed by atoms with E-state index in [9.17, 15) is 14.7 Å². The molecule has 6 nitrogen and oxygen atoms in total. The Morgan fingerprint density at radius 3 is 1.69 bits per heavy atom. The highest BCUT2D eigenvalue weighted by Crippen LogP contribution is 2.55. The number of carbonyl (C=O) groups is 2. The van der Waals surface area contributed by atoms with E-state index in [1.54, 1.807) is 24.3 Å². The van der Waals surface area contributed by atoms with Crippen LogP contribution in [-0.2, 0) is 14.1 Å². The summed E-state index contributed by atoms with van der Waals surface area (Å²) in [6.45, 7) is 8.08. The summed E-state index contributed by atoms with van der Waals surface area (Å²) in [5.41, 5.74) is 0.150. The molecule has 0 spiro atoms. The fourth-order valence-electron chi connectivity index (χ4n) is 5.40. The first-order valence-electron chi connectivity index (χ1n) is 14.1. The van der Waals surface area contributed by atoms with Crippen LogP contribution in [0.15, 0.2) is 115 Å². The summed E-state index contributed by atoms with van der Waals surface area (Å²) in [5.74, 6) is -1.52. The summed E-state index contributed by atoms with van der Waals surface area (Å²) >= 11 is 0. The van der Waals surface area contributed by atoms with E-state index in [2.05, 4.69) is 35.6 Å². The quantitative estimate of drug-likeness (QED) is 0.230. The van der Waals surface area contributed by atoms with Crippen LogP contribution in [0.5, 0.6) is 0 Å². The first-order valence-corrected chi connectivity index (χ1v) is 16.1. The highest BCUT2D eigenvalue weighted by atomic mass is 31.2. The lowest BCUT2D eigenvalue weighted by Gasteiger charge is -2.32. The van der Waals surface area contributed by atoms with Crippen LogP contribution in [0.1, 0.15) is 38.1 Å². The van der Waals surface area contributed by atoms with Crippen molar-refractivity contribution in [2.45, 2.75) is 44.9 Å². The summed E-state index contributed by atoms with van der Waals surface area (Å²) < 4.78 is 13.1. The van der Waals surface area contributed by atoms with Gasteiger partial charge in [-0.15, -0.1) is 0 Å². The summed E-state index contributed by atoms with van der Waals surface area (Å²) in [4.78, 5) is 26.2. The van der Waals surface area contributed by atoms with Gasteiger partial charge in [0.15, 0.2) is 6.04 Å². The van der Waals surface area contributed by atoms with Crippen molar-refractivity contribution in [3.63, 3.8) is 0 Å². The molecule has 2 N–H and O–H groups in total. The van der Waals surface area contributed by atoms with Gasteiger partial charge in [0.05, 0.1) is 11.2 Å². The van der Waals surface area contributed by atoms with Crippen LogP contribution in [-0.4, -0.2) is 47.5 Å². The maximum Gasteiger partial charge on any atom is 0.498 e. The number of carboxylic acid groups (broad SMARTS) is 1. The zero-order valence-electron chi connectivity index (χ0n) is 24.4. The van der Waals surface area contributed by atoms with Crippen molar-refractivity contribution in [1.29, 1.82) is 0 Å². The molecule has 1 heterocycles. The molecule has 1 atom stereocenters. The Morgan fingerprint density at radius 2 is 1.19 bits per heavy atom. The second kappa shape index (κ2) is 11.8. The molecule has 8 heteroatoms. The Hall–Kier alpha value is -3.77. The van der Waals surface area contributed by atoms with Gasteiger partial charge in [-0.3, -0.25) is 4.79 Å². The first kappa shape index (κ1) is 29.7. The van der Waals surface area contributed by atoms with E-state index in [1.807, 2.05) is 88.4 Å². The van der Waals surface area contributed by atoms with Crippen LogP contribution in [0, 0.1) is 0 Å².